The van der Waals surface area contributed by atoms with E-state index in [-0.39, 0.29) is 5.97 Å². The van der Waals surface area contributed by atoms with E-state index in [1.165, 1.54) is 29.7 Å². The van der Waals surface area contributed by atoms with E-state index in [0.717, 1.165) is 24.1 Å². The van der Waals surface area contributed by atoms with Crippen molar-refractivity contribution in [1.82, 2.24) is 4.98 Å². The number of hydrogen-bond donors (Lipinski definition) is 0. The van der Waals surface area contributed by atoms with Gasteiger partial charge >= 0.3 is 5.97 Å². The lowest BCUT2D eigenvalue weighted by molar-refractivity contribution is 0.0523. The molecule has 0 saturated carbocycles. The summed E-state index contributed by atoms with van der Waals surface area (Å²) in [5.74, 6) is -0.239. The minimum absolute atomic E-state index is 0.239. The molecule has 0 fully saturated rings. The number of carbonyl (C=O) groups excluding carboxylic acids is 1. The second kappa shape index (κ2) is 6.95. The first-order valence-corrected chi connectivity index (χ1v) is 8.43. The fraction of sp³-hybridized carbons (Fsp3) is 0.400. The Labute approximate surface area is 137 Å². The maximum absolute atomic E-state index is 12.5. The first kappa shape index (κ1) is 15.7. The Balaban J connectivity index is 2.08. The number of nitrogens with zero attached hydrogens (tertiary/aromatic N) is 1. The molecular formula is C20H23NO2. The van der Waals surface area contributed by atoms with Crippen LogP contribution in [0.5, 0.6) is 0 Å². The van der Waals surface area contributed by atoms with Crippen LogP contribution in [0.4, 0.5) is 0 Å². The van der Waals surface area contributed by atoms with Crippen molar-refractivity contribution >= 4 is 5.97 Å². The highest BCUT2D eigenvalue weighted by atomic mass is 16.5. The molecule has 23 heavy (non-hydrogen) atoms. The molecule has 0 atom stereocenters. The van der Waals surface area contributed by atoms with Crippen molar-refractivity contribution in [2.75, 3.05) is 6.61 Å². The monoisotopic (exact) mass is 309 g/mol. The fourth-order valence-corrected chi connectivity index (χ4v) is 3.39. The highest BCUT2D eigenvalue weighted by Crippen LogP contribution is 2.28. The fourth-order valence-electron chi connectivity index (χ4n) is 3.39. The number of benzene rings is 1. The predicted octanol–water partition coefficient (Wildman–Crippen LogP) is 4.04. The normalized spacial score (nSPS) is 13.5. The molecule has 1 aromatic carbocycles. The van der Waals surface area contributed by atoms with Gasteiger partial charge in [-0.25, -0.2) is 4.79 Å². The average molecular weight is 309 g/mol. The van der Waals surface area contributed by atoms with E-state index in [2.05, 4.69) is 12.1 Å². The molecule has 0 spiro atoms. The Morgan fingerprint density at radius 2 is 1.91 bits per heavy atom. The van der Waals surface area contributed by atoms with Crippen LogP contribution in [-0.4, -0.2) is 17.6 Å². The van der Waals surface area contributed by atoms with Crippen molar-refractivity contribution in [1.29, 1.82) is 0 Å². The van der Waals surface area contributed by atoms with Crippen molar-refractivity contribution in [3.8, 4) is 0 Å². The number of carbonyl (C=O) groups is 1. The lowest BCUT2D eigenvalue weighted by atomic mass is 9.88. The number of aromatic nitrogens is 1. The summed E-state index contributed by atoms with van der Waals surface area (Å²) < 4.78 is 5.30. The first-order chi connectivity index (χ1) is 11.2. The zero-order chi connectivity index (χ0) is 16.2. The van der Waals surface area contributed by atoms with Crippen molar-refractivity contribution < 1.29 is 9.53 Å². The minimum atomic E-state index is -0.239. The van der Waals surface area contributed by atoms with Crippen molar-refractivity contribution in [3.63, 3.8) is 0 Å². The third-order valence-corrected chi connectivity index (χ3v) is 4.52. The Hall–Kier alpha value is -2.16. The first-order valence-electron chi connectivity index (χ1n) is 8.43. The molecule has 120 valence electrons. The van der Waals surface area contributed by atoms with E-state index in [1.54, 1.807) is 0 Å². The van der Waals surface area contributed by atoms with Gasteiger partial charge in [0.2, 0.25) is 0 Å². The molecule has 0 radical (unpaired) electrons. The van der Waals surface area contributed by atoms with Crippen LogP contribution in [0.25, 0.3) is 0 Å². The second-order valence-corrected chi connectivity index (χ2v) is 6.07. The summed E-state index contributed by atoms with van der Waals surface area (Å²) in [6.07, 6.45) is 5.06. The lowest BCUT2D eigenvalue weighted by Crippen LogP contribution is -2.18. The van der Waals surface area contributed by atoms with Crippen molar-refractivity contribution in [2.45, 2.75) is 46.0 Å². The Morgan fingerprint density at radius 1 is 1.17 bits per heavy atom. The van der Waals surface area contributed by atoms with Gasteiger partial charge in [-0.3, -0.25) is 4.98 Å². The van der Waals surface area contributed by atoms with E-state index < -0.39 is 0 Å². The molecule has 3 rings (SSSR count). The molecule has 0 saturated heterocycles. The maximum atomic E-state index is 12.5. The van der Waals surface area contributed by atoms with Gasteiger partial charge in [0, 0.05) is 12.1 Å². The number of pyridine rings is 1. The lowest BCUT2D eigenvalue weighted by Gasteiger charge is -2.21. The molecule has 0 aliphatic heterocycles. The molecule has 1 aromatic heterocycles. The van der Waals surface area contributed by atoms with Crippen LogP contribution in [-0.2, 0) is 24.0 Å². The van der Waals surface area contributed by atoms with Gasteiger partial charge < -0.3 is 4.74 Å². The summed E-state index contributed by atoms with van der Waals surface area (Å²) in [4.78, 5) is 17.4. The van der Waals surface area contributed by atoms with Crippen LogP contribution in [0.3, 0.4) is 0 Å². The number of rotatable bonds is 4. The van der Waals surface area contributed by atoms with Crippen LogP contribution < -0.4 is 0 Å². The molecule has 1 aliphatic rings. The van der Waals surface area contributed by atoms with Gasteiger partial charge in [-0.2, -0.15) is 0 Å². The Morgan fingerprint density at radius 3 is 2.65 bits per heavy atom. The van der Waals surface area contributed by atoms with Gasteiger partial charge in [0.25, 0.3) is 0 Å². The van der Waals surface area contributed by atoms with E-state index in [1.807, 2.05) is 32.0 Å². The zero-order valence-electron chi connectivity index (χ0n) is 13.9. The number of aryl methyl sites for hydroxylation is 1. The minimum Gasteiger partial charge on any atom is -0.462 e. The summed E-state index contributed by atoms with van der Waals surface area (Å²) in [6, 6.07) is 10.2. The van der Waals surface area contributed by atoms with Gasteiger partial charge in [-0.1, -0.05) is 30.3 Å². The summed E-state index contributed by atoms with van der Waals surface area (Å²) >= 11 is 0. The molecular weight excluding hydrogens is 286 g/mol. The Bertz CT molecular complexity index is 707. The van der Waals surface area contributed by atoms with Crippen LogP contribution >= 0.6 is 0 Å². The highest BCUT2D eigenvalue weighted by molar-refractivity contribution is 5.93. The predicted molar refractivity (Wildman–Crippen MR) is 90.8 cm³/mol. The molecule has 1 aliphatic carbocycles. The third-order valence-electron chi connectivity index (χ3n) is 4.52. The number of hydrogen-bond acceptors (Lipinski definition) is 3. The van der Waals surface area contributed by atoms with Crippen LogP contribution in [0.15, 0.2) is 30.3 Å². The maximum Gasteiger partial charge on any atom is 0.340 e. The number of esters is 1. The standard InChI is InChI=1S/C20H23NO2/c1-3-23-20(22)19-14(2)16-11-7-8-12-17(16)21-18(19)13-15-9-5-4-6-10-15/h4-6,9-10H,3,7-8,11-13H2,1-2H3. The van der Waals surface area contributed by atoms with Crippen molar-refractivity contribution in [3.05, 3.63) is 64.0 Å². The molecule has 3 nitrogen and oxygen atoms in total. The molecule has 2 aromatic rings. The van der Waals surface area contributed by atoms with E-state index in [9.17, 15) is 4.79 Å². The third kappa shape index (κ3) is 3.29. The number of fused-ring (bicyclic) bond motifs is 1. The summed E-state index contributed by atoms with van der Waals surface area (Å²) in [5.41, 5.74) is 6.20. The largest absolute Gasteiger partial charge is 0.462 e. The van der Waals surface area contributed by atoms with Gasteiger partial charge in [0.05, 0.1) is 17.9 Å². The van der Waals surface area contributed by atoms with E-state index >= 15 is 0 Å². The summed E-state index contributed by atoms with van der Waals surface area (Å²) in [7, 11) is 0. The average Bonchev–Trinajstić information content (AvgIpc) is 2.56. The van der Waals surface area contributed by atoms with Gasteiger partial charge in [0.15, 0.2) is 0 Å². The second-order valence-electron chi connectivity index (χ2n) is 6.07. The molecule has 0 bridgehead atoms. The van der Waals surface area contributed by atoms with Gasteiger partial charge in [0.1, 0.15) is 0 Å². The van der Waals surface area contributed by atoms with Crippen molar-refractivity contribution in [2.24, 2.45) is 0 Å². The van der Waals surface area contributed by atoms with E-state index in [0.29, 0.717) is 18.6 Å². The SMILES string of the molecule is CCOC(=O)c1c(Cc2ccccc2)nc2c(c1C)CCCC2. The van der Waals surface area contributed by atoms with Crippen LogP contribution in [0.2, 0.25) is 0 Å². The molecule has 0 N–H and O–H groups in total. The van der Waals surface area contributed by atoms with Crippen LogP contribution in [0, 0.1) is 6.92 Å². The summed E-state index contributed by atoms with van der Waals surface area (Å²) in [5, 5.41) is 0. The summed E-state index contributed by atoms with van der Waals surface area (Å²) in [6.45, 7) is 4.28. The Kier molecular flexibility index (Phi) is 4.75. The van der Waals surface area contributed by atoms with Gasteiger partial charge in [-0.15, -0.1) is 0 Å². The smallest absolute Gasteiger partial charge is 0.340 e. The zero-order valence-corrected chi connectivity index (χ0v) is 13.9. The molecule has 1 heterocycles. The van der Waals surface area contributed by atoms with Crippen LogP contribution in [0.1, 0.15) is 58.2 Å². The number of ether oxygens (including phenoxy) is 1. The molecule has 0 amide bonds. The van der Waals surface area contributed by atoms with E-state index in [4.69, 9.17) is 9.72 Å². The molecule has 0 unspecified atom stereocenters. The quantitative estimate of drug-likeness (QED) is 0.800. The molecule has 3 heteroatoms. The topological polar surface area (TPSA) is 39.2 Å². The highest BCUT2D eigenvalue weighted by Gasteiger charge is 2.24. The van der Waals surface area contributed by atoms with Gasteiger partial charge in [-0.05, 0) is 56.2 Å².